The quantitative estimate of drug-likeness (QED) is 0.519. The number of amides is 1. The van der Waals surface area contributed by atoms with Crippen LogP contribution in [0.25, 0.3) is 0 Å². The second-order valence-electron chi connectivity index (χ2n) is 6.03. The van der Waals surface area contributed by atoms with Gasteiger partial charge in [0.05, 0.1) is 23.4 Å². The Labute approximate surface area is 155 Å². The van der Waals surface area contributed by atoms with Crippen molar-refractivity contribution in [1.82, 2.24) is 5.32 Å². The Bertz CT molecular complexity index is 636. The minimum Gasteiger partial charge on any atom is -0.469 e. The van der Waals surface area contributed by atoms with Crippen molar-refractivity contribution in [3.63, 3.8) is 0 Å². The van der Waals surface area contributed by atoms with Gasteiger partial charge in [-0.1, -0.05) is 25.4 Å². The molecule has 0 spiro atoms. The van der Waals surface area contributed by atoms with Crippen LogP contribution in [0.15, 0.2) is 18.2 Å². The fraction of sp³-hybridized carbons (Fsp3) is 0.529. The topological polar surface area (TPSA) is 67.4 Å². The normalized spacial score (nSPS) is 12.6. The molecule has 9 heteroatoms. The standard InChI is InChI=1S/C17H22ClF3N2O3/c1-10(2)15(16(25)22-8-4-5-14(24)26-3)23-13-7-6-11(9-12(13)18)17(19,20)21/h6-7,9-10,15,23H,4-5,8H2,1-3H3,(H,22,25)/t15-/m0/s1. The first-order valence-electron chi connectivity index (χ1n) is 8.04. The second kappa shape index (κ2) is 9.66. The Morgan fingerprint density at radius 1 is 1.27 bits per heavy atom. The molecule has 0 aliphatic carbocycles. The van der Waals surface area contributed by atoms with Crippen molar-refractivity contribution in [2.45, 2.75) is 38.9 Å². The van der Waals surface area contributed by atoms with E-state index in [0.717, 1.165) is 12.1 Å². The Morgan fingerprint density at radius 3 is 2.42 bits per heavy atom. The number of methoxy groups -OCH3 is 1. The zero-order valence-electron chi connectivity index (χ0n) is 14.7. The number of rotatable bonds is 8. The number of anilines is 1. The smallest absolute Gasteiger partial charge is 0.416 e. The predicted molar refractivity (Wildman–Crippen MR) is 93.0 cm³/mol. The molecule has 5 nitrogen and oxygen atoms in total. The summed E-state index contributed by atoms with van der Waals surface area (Å²) in [6.07, 6.45) is -3.89. The van der Waals surface area contributed by atoms with Crippen molar-refractivity contribution in [3.8, 4) is 0 Å². The van der Waals surface area contributed by atoms with Crippen LogP contribution in [0, 0.1) is 5.92 Å². The highest BCUT2D eigenvalue weighted by atomic mass is 35.5. The van der Waals surface area contributed by atoms with Crippen LogP contribution in [-0.2, 0) is 20.5 Å². The van der Waals surface area contributed by atoms with Crippen molar-refractivity contribution in [2.24, 2.45) is 5.92 Å². The molecule has 0 aliphatic rings. The van der Waals surface area contributed by atoms with E-state index < -0.39 is 17.8 Å². The third kappa shape index (κ3) is 6.74. The SMILES string of the molecule is COC(=O)CCCNC(=O)[C@@H](Nc1ccc(C(F)(F)F)cc1Cl)C(C)C. The fourth-order valence-corrected chi connectivity index (χ4v) is 2.40. The number of esters is 1. The summed E-state index contributed by atoms with van der Waals surface area (Å²) in [5.74, 6) is -0.843. The van der Waals surface area contributed by atoms with Crippen molar-refractivity contribution in [2.75, 3.05) is 19.0 Å². The number of hydrogen-bond acceptors (Lipinski definition) is 4. The van der Waals surface area contributed by atoms with Crippen molar-refractivity contribution in [1.29, 1.82) is 0 Å². The lowest BCUT2D eigenvalue weighted by Crippen LogP contribution is -2.43. The summed E-state index contributed by atoms with van der Waals surface area (Å²) in [7, 11) is 1.29. The molecule has 0 aromatic heterocycles. The molecule has 0 heterocycles. The summed E-state index contributed by atoms with van der Waals surface area (Å²) in [5, 5.41) is 5.45. The molecule has 0 bridgehead atoms. The van der Waals surface area contributed by atoms with Crippen LogP contribution in [0.1, 0.15) is 32.3 Å². The van der Waals surface area contributed by atoms with Gasteiger partial charge < -0.3 is 15.4 Å². The average Bonchev–Trinajstić information content (AvgIpc) is 2.55. The Hall–Kier alpha value is -1.96. The van der Waals surface area contributed by atoms with Gasteiger partial charge in [0.2, 0.25) is 5.91 Å². The molecular formula is C17H22ClF3N2O3. The van der Waals surface area contributed by atoms with E-state index in [-0.39, 0.29) is 41.5 Å². The largest absolute Gasteiger partial charge is 0.469 e. The number of carbonyl (C=O) groups excluding carboxylic acids is 2. The molecule has 1 aromatic carbocycles. The third-order valence-electron chi connectivity index (χ3n) is 3.64. The monoisotopic (exact) mass is 394 g/mol. The van der Waals surface area contributed by atoms with Crippen LogP contribution in [0.4, 0.5) is 18.9 Å². The van der Waals surface area contributed by atoms with Crippen molar-refractivity contribution in [3.05, 3.63) is 28.8 Å². The fourth-order valence-electron chi connectivity index (χ4n) is 2.17. The zero-order valence-corrected chi connectivity index (χ0v) is 15.5. The molecule has 0 saturated heterocycles. The number of halogens is 4. The number of ether oxygens (including phenoxy) is 1. The van der Waals surface area contributed by atoms with Gasteiger partial charge in [0.1, 0.15) is 6.04 Å². The van der Waals surface area contributed by atoms with Gasteiger partial charge in [-0.2, -0.15) is 13.2 Å². The van der Waals surface area contributed by atoms with E-state index >= 15 is 0 Å². The molecule has 1 aromatic rings. The first kappa shape index (κ1) is 22.1. The lowest BCUT2D eigenvalue weighted by Gasteiger charge is -2.23. The number of carbonyl (C=O) groups is 2. The molecule has 26 heavy (non-hydrogen) atoms. The van der Waals surface area contributed by atoms with E-state index in [9.17, 15) is 22.8 Å². The molecule has 0 saturated carbocycles. The van der Waals surface area contributed by atoms with Gasteiger partial charge in [0, 0.05) is 13.0 Å². The Morgan fingerprint density at radius 2 is 1.92 bits per heavy atom. The van der Waals surface area contributed by atoms with Gasteiger partial charge in [-0.3, -0.25) is 9.59 Å². The summed E-state index contributed by atoms with van der Waals surface area (Å²) in [6.45, 7) is 3.87. The van der Waals surface area contributed by atoms with E-state index in [0.29, 0.717) is 6.42 Å². The highest BCUT2D eigenvalue weighted by molar-refractivity contribution is 6.33. The molecule has 1 atom stereocenters. The van der Waals surface area contributed by atoms with Gasteiger partial charge >= 0.3 is 12.1 Å². The molecule has 1 amide bonds. The minimum absolute atomic E-state index is 0.121. The summed E-state index contributed by atoms with van der Waals surface area (Å²) in [5.41, 5.74) is -0.621. The maximum atomic E-state index is 12.7. The molecule has 1 rings (SSSR count). The Kier molecular flexibility index (Phi) is 8.20. The van der Waals surface area contributed by atoms with Crippen LogP contribution in [0.3, 0.4) is 0 Å². The number of nitrogens with one attached hydrogen (secondary N) is 2. The van der Waals surface area contributed by atoms with Crippen LogP contribution in [0.2, 0.25) is 5.02 Å². The maximum Gasteiger partial charge on any atom is 0.416 e. The minimum atomic E-state index is -4.49. The van der Waals surface area contributed by atoms with Crippen molar-refractivity contribution >= 4 is 29.2 Å². The van der Waals surface area contributed by atoms with Gasteiger partial charge in [0.25, 0.3) is 0 Å². The second-order valence-corrected chi connectivity index (χ2v) is 6.44. The number of alkyl halides is 3. The van der Waals surface area contributed by atoms with Gasteiger partial charge in [0.15, 0.2) is 0 Å². The van der Waals surface area contributed by atoms with Crippen molar-refractivity contribution < 1.29 is 27.5 Å². The van der Waals surface area contributed by atoms with Crippen LogP contribution in [0.5, 0.6) is 0 Å². The number of benzene rings is 1. The first-order chi connectivity index (χ1) is 12.1. The summed E-state index contributed by atoms with van der Waals surface area (Å²) < 4.78 is 42.6. The van der Waals surface area contributed by atoms with Gasteiger partial charge in [-0.15, -0.1) is 0 Å². The Balaban J connectivity index is 2.73. The molecular weight excluding hydrogens is 373 g/mol. The highest BCUT2D eigenvalue weighted by Gasteiger charge is 2.31. The number of hydrogen-bond donors (Lipinski definition) is 2. The first-order valence-corrected chi connectivity index (χ1v) is 8.42. The molecule has 2 N–H and O–H groups in total. The molecule has 0 radical (unpaired) electrons. The van der Waals surface area contributed by atoms with E-state index in [2.05, 4.69) is 15.4 Å². The summed E-state index contributed by atoms with van der Waals surface area (Å²) in [4.78, 5) is 23.4. The molecule has 0 aliphatic heterocycles. The van der Waals surface area contributed by atoms with Crippen LogP contribution >= 0.6 is 11.6 Å². The zero-order chi connectivity index (χ0) is 19.9. The van der Waals surface area contributed by atoms with E-state index in [1.165, 1.54) is 13.2 Å². The molecule has 0 fully saturated rings. The highest BCUT2D eigenvalue weighted by Crippen LogP contribution is 2.34. The molecule has 146 valence electrons. The van der Waals surface area contributed by atoms with E-state index in [4.69, 9.17) is 11.6 Å². The van der Waals surface area contributed by atoms with Gasteiger partial charge in [-0.25, -0.2) is 0 Å². The average molecular weight is 395 g/mol. The summed E-state index contributed by atoms with van der Waals surface area (Å²) >= 11 is 5.92. The van der Waals surface area contributed by atoms with Crippen LogP contribution in [-0.4, -0.2) is 31.6 Å². The van der Waals surface area contributed by atoms with E-state index in [1.807, 2.05) is 0 Å². The summed E-state index contributed by atoms with van der Waals surface area (Å²) in [6, 6.07) is 2.22. The third-order valence-corrected chi connectivity index (χ3v) is 3.95. The lowest BCUT2D eigenvalue weighted by molar-refractivity contribution is -0.141. The maximum absolute atomic E-state index is 12.7. The molecule has 0 unspecified atom stereocenters. The van der Waals surface area contributed by atoms with E-state index in [1.54, 1.807) is 13.8 Å². The predicted octanol–water partition coefficient (Wildman–Crippen LogP) is 3.86. The van der Waals surface area contributed by atoms with Gasteiger partial charge in [-0.05, 0) is 30.5 Å². The van der Waals surface area contributed by atoms with Crippen LogP contribution < -0.4 is 10.6 Å². The lowest BCUT2D eigenvalue weighted by atomic mass is 10.0.